The van der Waals surface area contributed by atoms with E-state index in [0.717, 1.165) is 18.1 Å². The molecule has 1 aromatic carbocycles. The van der Waals surface area contributed by atoms with Gasteiger partial charge in [-0.3, -0.25) is 0 Å². The van der Waals surface area contributed by atoms with Crippen molar-refractivity contribution in [2.75, 3.05) is 13.7 Å². The molecule has 0 radical (unpaired) electrons. The van der Waals surface area contributed by atoms with Gasteiger partial charge in [0, 0.05) is 17.7 Å². The average Bonchev–Trinajstić information content (AvgIpc) is 2.86. The summed E-state index contributed by atoms with van der Waals surface area (Å²) in [5, 5.41) is 4.38. The van der Waals surface area contributed by atoms with Gasteiger partial charge in [0.2, 0.25) is 0 Å². The Hall–Kier alpha value is -0.570. The lowest BCUT2D eigenvalue weighted by Crippen LogP contribution is -2.41. The van der Waals surface area contributed by atoms with Gasteiger partial charge < -0.3 is 10.1 Å². The van der Waals surface area contributed by atoms with Crippen LogP contribution >= 0.6 is 11.6 Å². The maximum atomic E-state index is 6.26. The molecule has 2 fully saturated rings. The summed E-state index contributed by atoms with van der Waals surface area (Å²) >= 11 is 6.26. The number of aryl methyl sites for hydroxylation is 1. The van der Waals surface area contributed by atoms with E-state index in [4.69, 9.17) is 16.3 Å². The van der Waals surface area contributed by atoms with Crippen LogP contribution in [0.2, 0.25) is 5.02 Å². The Balaban J connectivity index is 1.82. The molecule has 1 aliphatic heterocycles. The molecule has 116 valence electrons. The highest BCUT2D eigenvalue weighted by Crippen LogP contribution is 2.45. The third-order valence-electron chi connectivity index (χ3n) is 5.25. The first-order valence-electron chi connectivity index (χ1n) is 8.20. The second-order valence-corrected chi connectivity index (χ2v) is 7.26. The van der Waals surface area contributed by atoms with E-state index < -0.39 is 0 Å². The highest BCUT2D eigenvalue weighted by Gasteiger charge is 2.42. The molecule has 2 atom stereocenters. The van der Waals surface area contributed by atoms with E-state index in [-0.39, 0.29) is 5.60 Å². The van der Waals surface area contributed by atoms with Crippen molar-refractivity contribution in [3.63, 3.8) is 0 Å². The summed E-state index contributed by atoms with van der Waals surface area (Å²) in [6.45, 7) is 3.02. The van der Waals surface area contributed by atoms with Crippen molar-refractivity contribution < 1.29 is 4.74 Å². The zero-order chi connectivity index (χ0) is 14.9. The summed E-state index contributed by atoms with van der Waals surface area (Å²) in [7, 11) is 2.07. The SMILES string of the molecule is CNC(c1cc(C)cc(Cl)c1)C1CCOC2(CCCC2)C1. The van der Waals surface area contributed by atoms with Crippen LogP contribution in [0.5, 0.6) is 0 Å². The molecule has 1 heterocycles. The molecule has 21 heavy (non-hydrogen) atoms. The Labute approximate surface area is 133 Å². The molecule has 1 aliphatic carbocycles. The van der Waals surface area contributed by atoms with Crippen molar-refractivity contribution in [3.8, 4) is 0 Å². The van der Waals surface area contributed by atoms with Crippen LogP contribution in [0, 0.1) is 12.8 Å². The predicted octanol–water partition coefficient (Wildman–Crippen LogP) is 4.65. The Morgan fingerprint density at radius 1 is 1.29 bits per heavy atom. The van der Waals surface area contributed by atoms with E-state index in [1.807, 2.05) is 6.07 Å². The molecule has 3 rings (SSSR count). The zero-order valence-electron chi connectivity index (χ0n) is 13.1. The smallest absolute Gasteiger partial charge is 0.0686 e. The summed E-state index contributed by atoms with van der Waals surface area (Å²) < 4.78 is 6.18. The molecule has 1 saturated heterocycles. The predicted molar refractivity (Wildman–Crippen MR) is 87.9 cm³/mol. The Bertz CT molecular complexity index is 476. The topological polar surface area (TPSA) is 21.3 Å². The van der Waals surface area contributed by atoms with Crippen molar-refractivity contribution in [2.24, 2.45) is 5.92 Å². The zero-order valence-corrected chi connectivity index (χ0v) is 13.9. The maximum Gasteiger partial charge on any atom is 0.0686 e. The fourth-order valence-corrected chi connectivity index (χ4v) is 4.63. The van der Waals surface area contributed by atoms with Crippen LogP contribution < -0.4 is 5.32 Å². The largest absolute Gasteiger partial charge is 0.375 e. The molecule has 1 aromatic rings. The summed E-state index contributed by atoms with van der Waals surface area (Å²) in [4.78, 5) is 0. The number of halogens is 1. The molecule has 2 unspecified atom stereocenters. The van der Waals surface area contributed by atoms with Gasteiger partial charge in [0.25, 0.3) is 0 Å². The molecule has 3 heteroatoms. The van der Waals surface area contributed by atoms with E-state index in [1.54, 1.807) is 0 Å². The normalized spacial score (nSPS) is 26.1. The minimum atomic E-state index is 0.172. The fourth-order valence-electron chi connectivity index (χ4n) is 4.34. The molecule has 0 aromatic heterocycles. The highest BCUT2D eigenvalue weighted by atomic mass is 35.5. The van der Waals surface area contributed by atoms with E-state index in [9.17, 15) is 0 Å². The minimum absolute atomic E-state index is 0.172. The average molecular weight is 308 g/mol. The van der Waals surface area contributed by atoms with Crippen molar-refractivity contribution in [1.82, 2.24) is 5.32 Å². The minimum Gasteiger partial charge on any atom is -0.375 e. The molecule has 0 bridgehead atoms. The maximum absolute atomic E-state index is 6.26. The summed E-state index contributed by atoms with van der Waals surface area (Å²) in [6, 6.07) is 6.79. The van der Waals surface area contributed by atoms with Gasteiger partial charge in [0.05, 0.1) is 5.60 Å². The van der Waals surface area contributed by atoms with Crippen LogP contribution in [0.3, 0.4) is 0 Å². The van der Waals surface area contributed by atoms with Crippen molar-refractivity contribution in [2.45, 2.75) is 57.1 Å². The lowest BCUT2D eigenvalue weighted by atomic mass is 9.78. The Kier molecular flexibility index (Phi) is 4.58. The first kappa shape index (κ1) is 15.3. The van der Waals surface area contributed by atoms with Gasteiger partial charge in [-0.2, -0.15) is 0 Å². The summed E-state index contributed by atoms with van der Waals surface area (Å²) in [6.07, 6.45) is 7.46. The van der Waals surface area contributed by atoms with Gasteiger partial charge in [-0.15, -0.1) is 0 Å². The number of benzene rings is 1. The van der Waals surface area contributed by atoms with Crippen LogP contribution in [0.15, 0.2) is 18.2 Å². The molecular formula is C18H26ClNO. The van der Waals surface area contributed by atoms with Gasteiger partial charge in [-0.25, -0.2) is 0 Å². The molecule has 0 amide bonds. The van der Waals surface area contributed by atoms with Gasteiger partial charge in [-0.1, -0.05) is 30.5 Å². The van der Waals surface area contributed by atoms with E-state index in [0.29, 0.717) is 12.0 Å². The number of nitrogens with one attached hydrogen (secondary N) is 1. The number of hydrogen-bond acceptors (Lipinski definition) is 2. The first-order chi connectivity index (χ1) is 10.1. The van der Waals surface area contributed by atoms with Crippen LogP contribution in [0.1, 0.15) is 55.7 Å². The molecule has 2 nitrogen and oxygen atoms in total. The van der Waals surface area contributed by atoms with Gasteiger partial charge in [0.1, 0.15) is 0 Å². The van der Waals surface area contributed by atoms with Crippen LogP contribution in [-0.2, 0) is 4.74 Å². The first-order valence-corrected chi connectivity index (χ1v) is 8.58. The van der Waals surface area contributed by atoms with E-state index >= 15 is 0 Å². The van der Waals surface area contributed by atoms with Crippen molar-refractivity contribution in [1.29, 1.82) is 0 Å². The molecule has 1 saturated carbocycles. The molecule has 1 spiro atoms. The quantitative estimate of drug-likeness (QED) is 0.877. The third-order valence-corrected chi connectivity index (χ3v) is 5.47. The molecule has 1 N–H and O–H groups in total. The van der Waals surface area contributed by atoms with Crippen molar-refractivity contribution >= 4 is 11.6 Å². The standard InChI is InChI=1S/C18H26ClNO/c1-13-9-15(11-16(19)10-13)17(20-2)14-5-8-21-18(12-14)6-3-4-7-18/h9-11,14,17,20H,3-8,12H2,1-2H3. The Morgan fingerprint density at radius 3 is 2.71 bits per heavy atom. The molecule has 2 aliphatic rings. The number of ether oxygens (including phenoxy) is 1. The van der Waals surface area contributed by atoms with E-state index in [2.05, 4.69) is 31.4 Å². The highest BCUT2D eigenvalue weighted by molar-refractivity contribution is 6.30. The Morgan fingerprint density at radius 2 is 2.05 bits per heavy atom. The summed E-state index contributed by atoms with van der Waals surface area (Å²) in [5.41, 5.74) is 2.73. The lowest BCUT2D eigenvalue weighted by molar-refractivity contribution is -0.0978. The van der Waals surface area contributed by atoms with Crippen LogP contribution in [-0.4, -0.2) is 19.3 Å². The van der Waals surface area contributed by atoms with Gasteiger partial charge in [-0.05, 0) is 68.8 Å². The monoisotopic (exact) mass is 307 g/mol. The number of rotatable bonds is 3. The van der Waals surface area contributed by atoms with Gasteiger partial charge in [0.15, 0.2) is 0 Å². The third kappa shape index (κ3) is 3.28. The fraction of sp³-hybridized carbons (Fsp3) is 0.667. The number of hydrogen-bond donors (Lipinski definition) is 1. The van der Waals surface area contributed by atoms with Gasteiger partial charge >= 0.3 is 0 Å². The molecular weight excluding hydrogens is 282 g/mol. The second kappa shape index (κ2) is 6.28. The van der Waals surface area contributed by atoms with Crippen LogP contribution in [0.25, 0.3) is 0 Å². The van der Waals surface area contributed by atoms with E-state index in [1.165, 1.54) is 43.2 Å². The summed E-state index contributed by atoms with van der Waals surface area (Å²) in [5.74, 6) is 0.639. The lowest BCUT2D eigenvalue weighted by Gasteiger charge is -2.41. The van der Waals surface area contributed by atoms with Crippen molar-refractivity contribution in [3.05, 3.63) is 34.3 Å². The van der Waals surface area contributed by atoms with Crippen LogP contribution in [0.4, 0.5) is 0 Å². The second-order valence-electron chi connectivity index (χ2n) is 6.82.